The van der Waals surface area contributed by atoms with Crippen molar-refractivity contribution >= 4 is 0 Å². The molecule has 0 aromatic heterocycles. The lowest BCUT2D eigenvalue weighted by Crippen LogP contribution is -3.00. The first kappa shape index (κ1) is 22.7. The average Bonchev–Trinajstić information content (AvgIpc) is 2.48. The second kappa shape index (κ2) is 9.05. The van der Waals surface area contributed by atoms with Gasteiger partial charge in [-0.05, 0) is 42.7 Å². The highest BCUT2D eigenvalue weighted by molar-refractivity contribution is 5.41. The lowest BCUT2D eigenvalue weighted by Gasteiger charge is -2.41. The molecule has 1 heterocycles. The molecule has 1 aromatic carbocycles. The van der Waals surface area contributed by atoms with Crippen LogP contribution in [0.4, 0.5) is 0 Å². The number of piperidine rings is 1. The van der Waals surface area contributed by atoms with Gasteiger partial charge in [0.1, 0.15) is 25.0 Å². The third-order valence-corrected chi connectivity index (χ3v) is 5.35. The number of aryl methyl sites for hydroxylation is 1. The highest BCUT2D eigenvalue weighted by Crippen LogP contribution is 2.32. The van der Waals surface area contributed by atoms with E-state index in [4.69, 9.17) is 4.74 Å². The monoisotopic (exact) mass is 461 g/mol. The molecule has 2 rings (SSSR count). The topological polar surface area (TPSA) is 29.5 Å². The maximum absolute atomic E-state index is 10.5. The summed E-state index contributed by atoms with van der Waals surface area (Å²) in [4.78, 5) is 0. The molecule has 1 atom stereocenters. The minimum absolute atomic E-state index is 0. The van der Waals surface area contributed by atoms with Gasteiger partial charge in [0.2, 0.25) is 0 Å². The van der Waals surface area contributed by atoms with Gasteiger partial charge in [0.05, 0.1) is 20.1 Å². The predicted molar refractivity (Wildman–Crippen MR) is 101 cm³/mol. The quantitative estimate of drug-likeness (QED) is 0.522. The molecule has 1 aliphatic heterocycles. The average molecular weight is 461 g/mol. The number of hydrogen-bond donors (Lipinski definition) is 1. The van der Waals surface area contributed by atoms with Crippen molar-refractivity contribution < 1.29 is 38.3 Å². The fourth-order valence-corrected chi connectivity index (χ4v) is 3.61. The predicted octanol–water partition coefficient (Wildman–Crippen LogP) is 0.913. The number of aliphatic hydroxyl groups excluding tert-OH is 1. The minimum atomic E-state index is -0.419. The molecule has 1 saturated heterocycles. The lowest BCUT2D eigenvalue weighted by atomic mass is 9.85. The lowest BCUT2D eigenvalue weighted by molar-refractivity contribution is -0.918. The Morgan fingerprint density at radius 1 is 1.24 bits per heavy atom. The van der Waals surface area contributed by atoms with E-state index in [1.807, 2.05) is 6.07 Å². The molecule has 0 spiro atoms. The van der Waals surface area contributed by atoms with Crippen LogP contribution in [0.2, 0.25) is 0 Å². The van der Waals surface area contributed by atoms with Crippen molar-refractivity contribution in [1.29, 1.82) is 0 Å². The van der Waals surface area contributed by atoms with Crippen LogP contribution < -0.4 is 28.7 Å². The van der Waals surface area contributed by atoms with Crippen molar-refractivity contribution in [2.45, 2.75) is 59.0 Å². The number of quaternary nitrogens is 1. The van der Waals surface area contributed by atoms with Gasteiger partial charge >= 0.3 is 0 Å². The van der Waals surface area contributed by atoms with E-state index in [-0.39, 0.29) is 29.4 Å². The molecule has 144 valence electrons. The molecule has 1 fully saturated rings. The van der Waals surface area contributed by atoms with E-state index in [1.165, 1.54) is 24.0 Å². The van der Waals surface area contributed by atoms with E-state index in [0.29, 0.717) is 6.61 Å². The molecule has 1 N–H and O–H groups in total. The van der Waals surface area contributed by atoms with Gasteiger partial charge in [0.15, 0.2) is 0 Å². The summed E-state index contributed by atoms with van der Waals surface area (Å²) < 4.78 is 7.00. The Morgan fingerprint density at radius 3 is 2.40 bits per heavy atom. The van der Waals surface area contributed by atoms with Crippen molar-refractivity contribution in [2.75, 3.05) is 33.3 Å². The number of benzene rings is 1. The summed E-state index contributed by atoms with van der Waals surface area (Å²) >= 11 is 0. The Kier molecular flexibility index (Phi) is 8.22. The number of ether oxygens (including phenoxy) is 1. The molecule has 1 unspecified atom stereocenters. The van der Waals surface area contributed by atoms with Gasteiger partial charge in [0, 0.05) is 0 Å². The molecule has 1 aliphatic rings. The van der Waals surface area contributed by atoms with Crippen LogP contribution in [0.5, 0.6) is 5.75 Å². The van der Waals surface area contributed by atoms with Gasteiger partial charge in [0.25, 0.3) is 0 Å². The fraction of sp³-hybridized carbons (Fsp3) is 0.714. The van der Waals surface area contributed by atoms with Gasteiger partial charge in [-0.3, -0.25) is 0 Å². The van der Waals surface area contributed by atoms with E-state index >= 15 is 0 Å². The van der Waals surface area contributed by atoms with Gasteiger partial charge in [-0.1, -0.05) is 45.4 Å². The molecule has 25 heavy (non-hydrogen) atoms. The Labute approximate surface area is 171 Å². The summed E-state index contributed by atoms with van der Waals surface area (Å²) in [6.45, 7) is 14.5. The molecule has 4 heteroatoms. The zero-order valence-electron chi connectivity index (χ0n) is 16.8. The molecule has 0 aliphatic carbocycles. The van der Waals surface area contributed by atoms with Crippen LogP contribution in [-0.2, 0) is 5.41 Å². The van der Waals surface area contributed by atoms with Crippen LogP contribution >= 0.6 is 0 Å². The summed E-state index contributed by atoms with van der Waals surface area (Å²) in [6, 6.07) is 6.32. The third-order valence-electron chi connectivity index (χ3n) is 5.35. The molecular formula is C21H36INO2. The Hall–Kier alpha value is -0.330. The van der Waals surface area contributed by atoms with E-state index < -0.39 is 6.10 Å². The summed E-state index contributed by atoms with van der Waals surface area (Å²) in [7, 11) is 2.27. The maximum atomic E-state index is 10.5. The Bertz CT molecular complexity index is 545. The second-order valence-electron chi connectivity index (χ2n) is 9.15. The standard InChI is InChI=1S/C21H36NO2.HI/c1-16-9-11-22(6,12-10-16)14-18(23)15-24-20-8-7-17(2)13-19(20)21(3,4)5;/h7-8,13,16,18,23H,9-12,14-15H2,1-6H3;1H/q+1;/p-1. The van der Waals surface area contributed by atoms with E-state index in [9.17, 15) is 5.11 Å². The summed E-state index contributed by atoms with van der Waals surface area (Å²) in [6.07, 6.45) is 2.10. The van der Waals surface area contributed by atoms with Crippen molar-refractivity contribution in [3.8, 4) is 5.75 Å². The largest absolute Gasteiger partial charge is 1.00 e. The summed E-state index contributed by atoms with van der Waals surface area (Å²) in [5, 5.41) is 10.5. The third kappa shape index (κ3) is 6.72. The summed E-state index contributed by atoms with van der Waals surface area (Å²) in [5.74, 6) is 1.73. The van der Waals surface area contributed by atoms with Gasteiger partial charge in [-0.2, -0.15) is 0 Å². The number of rotatable bonds is 5. The highest BCUT2D eigenvalue weighted by Gasteiger charge is 2.31. The number of aliphatic hydroxyl groups is 1. The number of nitrogens with zero attached hydrogens (tertiary/aromatic N) is 1. The first-order chi connectivity index (χ1) is 11.1. The molecule has 0 radical (unpaired) electrons. The van der Waals surface area contributed by atoms with Crippen molar-refractivity contribution in [3.05, 3.63) is 29.3 Å². The van der Waals surface area contributed by atoms with Crippen molar-refractivity contribution in [3.63, 3.8) is 0 Å². The van der Waals surface area contributed by atoms with Crippen LogP contribution in [0.3, 0.4) is 0 Å². The number of likely N-dealkylation sites (N-methyl/N-ethyl adjacent to an activating group) is 1. The van der Waals surface area contributed by atoms with E-state index in [0.717, 1.165) is 35.8 Å². The van der Waals surface area contributed by atoms with Crippen LogP contribution in [-0.4, -0.2) is 49.0 Å². The number of halogens is 1. The van der Waals surface area contributed by atoms with Gasteiger partial charge in [-0.25, -0.2) is 0 Å². The fourth-order valence-electron chi connectivity index (χ4n) is 3.61. The first-order valence-corrected chi connectivity index (χ1v) is 9.35. The number of likely N-dealkylation sites (tertiary alicyclic amines) is 1. The molecule has 0 amide bonds. The van der Waals surface area contributed by atoms with Crippen LogP contribution in [0, 0.1) is 12.8 Å². The van der Waals surface area contributed by atoms with Gasteiger partial charge < -0.3 is 38.3 Å². The zero-order chi connectivity index (χ0) is 18.0. The van der Waals surface area contributed by atoms with Crippen LogP contribution in [0.1, 0.15) is 51.7 Å². The zero-order valence-corrected chi connectivity index (χ0v) is 19.0. The molecular weight excluding hydrogens is 425 g/mol. The van der Waals surface area contributed by atoms with Crippen LogP contribution in [0.15, 0.2) is 18.2 Å². The van der Waals surface area contributed by atoms with E-state index in [2.05, 4.69) is 53.8 Å². The molecule has 3 nitrogen and oxygen atoms in total. The highest BCUT2D eigenvalue weighted by atomic mass is 127. The summed E-state index contributed by atoms with van der Waals surface area (Å²) in [5.41, 5.74) is 2.49. The second-order valence-corrected chi connectivity index (χ2v) is 9.15. The van der Waals surface area contributed by atoms with Crippen molar-refractivity contribution in [2.24, 2.45) is 5.92 Å². The molecule has 1 aromatic rings. The smallest absolute Gasteiger partial charge is 0.137 e. The molecule has 0 bridgehead atoms. The Balaban J connectivity index is 0.00000312. The normalized spacial score (nSPS) is 25.2. The minimum Gasteiger partial charge on any atom is -1.00 e. The van der Waals surface area contributed by atoms with Gasteiger partial charge in [-0.15, -0.1) is 0 Å². The Morgan fingerprint density at radius 2 is 1.84 bits per heavy atom. The number of hydrogen-bond acceptors (Lipinski definition) is 2. The van der Waals surface area contributed by atoms with E-state index in [1.54, 1.807) is 0 Å². The SMILES string of the molecule is Cc1ccc(OCC(O)C[N+]2(C)CCC(C)CC2)c(C(C)(C)C)c1.[I-]. The van der Waals surface area contributed by atoms with Crippen molar-refractivity contribution in [1.82, 2.24) is 0 Å². The van der Waals surface area contributed by atoms with Crippen LogP contribution in [0.25, 0.3) is 0 Å². The molecule has 0 saturated carbocycles. The maximum Gasteiger partial charge on any atom is 0.137 e. The first-order valence-electron chi connectivity index (χ1n) is 9.35.